The number of amides is 1. The number of methoxy groups -OCH3 is 1. The lowest BCUT2D eigenvalue weighted by atomic mass is 9.88. The molecular weight excluding hydrogens is 482 g/mol. The summed E-state index contributed by atoms with van der Waals surface area (Å²) in [7, 11) is -2.88. The van der Waals surface area contributed by atoms with Gasteiger partial charge in [0.05, 0.1) is 30.4 Å². The summed E-state index contributed by atoms with van der Waals surface area (Å²) in [6, 6.07) is 0. The molecule has 12 heteroatoms. The Balaban J connectivity index is 0. The second kappa shape index (κ2) is 15.0. The zero-order valence-electron chi connectivity index (χ0n) is 22.5. The van der Waals surface area contributed by atoms with Gasteiger partial charge in [0.25, 0.3) is 10.1 Å². The predicted octanol–water partition coefficient (Wildman–Crippen LogP) is 2.67. The van der Waals surface area contributed by atoms with Gasteiger partial charge in [-0.3, -0.25) is 18.9 Å². The highest BCUT2D eigenvalue weighted by atomic mass is 32.2. The van der Waals surface area contributed by atoms with Crippen molar-refractivity contribution in [1.29, 1.82) is 0 Å². The Labute approximate surface area is 209 Å². The van der Waals surface area contributed by atoms with Crippen LogP contribution in [0.15, 0.2) is 0 Å². The standard InChI is InChI=1S/C13H22O6.C10H21NO4S/c1-5-13(2,3)12(16)18-8-6-7-10(14)19-9-11(15)17-4;1-6-9(2,3)8(12)11-10(4,5)7-16(13,14)15/h5-9H2,1-4H3;6-7H2,1-5H3,(H,11,12)(H,13,14,15). The van der Waals surface area contributed by atoms with E-state index in [1.54, 1.807) is 41.5 Å². The average molecular weight is 526 g/mol. The van der Waals surface area contributed by atoms with Gasteiger partial charge in [-0.1, -0.05) is 27.7 Å². The monoisotopic (exact) mass is 525 g/mol. The molecule has 0 aliphatic rings. The molecule has 0 spiro atoms. The Morgan fingerprint density at radius 2 is 1.37 bits per heavy atom. The van der Waals surface area contributed by atoms with E-state index in [4.69, 9.17) is 9.29 Å². The molecule has 11 nitrogen and oxygen atoms in total. The van der Waals surface area contributed by atoms with Crippen molar-refractivity contribution in [2.24, 2.45) is 10.8 Å². The van der Waals surface area contributed by atoms with Crippen molar-refractivity contribution in [2.45, 2.75) is 86.6 Å². The number of carbonyl (C=O) groups is 4. The third-order valence-electron chi connectivity index (χ3n) is 5.27. The van der Waals surface area contributed by atoms with E-state index in [9.17, 15) is 27.6 Å². The number of esters is 3. The first-order valence-corrected chi connectivity index (χ1v) is 13.0. The summed E-state index contributed by atoms with van der Waals surface area (Å²) >= 11 is 0. The molecule has 0 saturated heterocycles. The highest BCUT2D eigenvalue weighted by molar-refractivity contribution is 7.85. The molecular formula is C23H43NO10S. The molecule has 0 saturated carbocycles. The largest absolute Gasteiger partial charge is 0.466 e. The van der Waals surface area contributed by atoms with Crippen LogP contribution in [0.5, 0.6) is 0 Å². The van der Waals surface area contributed by atoms with E-state index in [1.807, 2.05) is 13.8 Å². The van der Waals surface area contributed by atoms with E-state index in [1.165, 1.54) is 7.11 Å². The maximum Gasteiger partial charge on any atom is 0.344 e. The van der Waals surface area contributed by atoms with Gasteiger partial charge in [0.1, 0.15) is 0 Å². The molecule has 206 valence electrons. The van der Waals surface area contributed by atoms with Crippen LogP contribution < -0.4 is 5.32 Å². The fraction of sp³-hybridized carbons (Fsp3) is 0.826. The van der Waals surface area contributed by atoms with Crippen LogP contribution in [0.2, 0.25) is 0 Å². The van der Waals surface area contributed by atoms with E-state index in [2.05, 4.69) is 14.8 Å². The van der Waals surface area contributed by atoms with E-state index >= 15 is 0 Å². The third-order valence-corrected chi connectivity index (χ3v) is 6.35. The molecule has 0 radical (unpaired) electrons. The lowest BCUT2D eigenvalue weighted by molar-refractivity contribution is -0.158. The molecule has 35 heavy (non-hydrogen) atoms. The summed E-state index contributed by atoms with van der Waals surface area (Å²) in [6.07, 6.45) is 1.80. The van der Waals surface area contributed by atoms with Gasteiger partial charge in [-0.25, -0.2) is 4.79 Å². The van der Waals surface area contributed by atoms with Crippen molar-refractivity contribution in [2.75, 3.05) is 26.1 Å². The van der Waals surface area contributed by atoms with Crippen LogP contribution in [0.1, 0.15) is 81.1 Å². The number of hydrogen-bond donors (Lipinski definition) is 2. The van der Waals surface area contributed by atoms with Crippen LogP contribution >= 0.6 is 0 Å². The summed E-state index contributed by atoms with van der Waals surface area (Å²) < 4.78 is 44.3. The Bertz CT molecular complexity index is 816. The summed E-state index contributed by atoms with van der Waals surface area (Å²) in [6.45, 7) is 13.9. The van der Waals surface area contributed by atoms with Crippen LogP contribution in [0.25, 0.3) is 0 Å². The van der Waals surface area contributed by atoms with Gasteiger partial charge in [-0.2, -0.15) is 8.42 Å². The van der Waals surface area contributed by atoms with Gasteiger partial charge < -0.3 is 19.5 Å². The molecule has 0 atom stereocenters. The number of hydrogen-bond acceptors (Lipinski definition) is 9. The zero-order valence-corrected chi connectivity index (χ0v) is 23.3. The SMILES string of the molecule is CCC(C)(C)C(=O)NC(C)(C)CS(=O)(=O)O.CCC(C)(C)C(=O)OCCCC(=O)OCC(=O)OC. The van der Waals surface area contributed by atoms with Crippen LogP contribution in [0, 0.1) is 10.8 Å². The minimum Gasteiger partial charge on any atom is -0.466 e. The minimum absolute atomic E-state index is 0.0941. The van der Waals surface area contributed by atoms with Crippen LogP contribution in [-0.4, -0.2) is 68.4 Å². The van der Waals surface area contributed by atoms with Crippen molar-refractivity contribution >= 4 is 33.9 Å². The van der Waals surface area contributed by atoms with Gasteiger partial charge in [0, 0.05) is 11.8 Å². The highest BCUT2D eigenvalue weighted by Gasteiger charge is 2.33. The molecule has 0 aromatic carbocycles. The van der Waals surface area contributed by atoms with Crippen molar-refractivity contribution in [3.63, 3.8) is 0 Å². The molecule has 0 rings (SSSR count). The molecule has 0 aliphatic heterocycles. The first-order chi connectivity index (χ1) is 15.7. The molecule has 0 aromatic heterocycles. The topological polar surface area (TPSA) is 162 Å². The fourth-order valence-electron chi connectivity index (χ4n) is 2.12. The lowest BCUT2D eigenvalue weighted by Crippen LogP contribution is -2.52. The van der Waals surface area contributed by atoms with Gasteiger partial charge in [0.15, 0.2) is 6.61 Å². The van der Waals surface area contributed by atoms with E-state index in [0.29, 0.717) is 19.3 Å². The lowest BCUT2D eigenvalue weighted by Gasteiger charge is -2.30. The Kier molecular flexibility index (Phi) is 15.0. The molecule has 1 amide bonds. The van der Waals surface area contributed by atoms with Gasteiger partial charge in [-0.15, -0.1) is 0 Å². The molecule has 0 fully saturated rings. The molecule has 0 heterocycles. The quantitative estimate of drug-likeness (QED) is 0.158. The second-order valence-corrected chi connectivity index (χ2v) is 11.5. The maximum atomic E-state index is 11.8. The number of ether oxygens (including phenoxy) is 3. The van der Waals surface area contributed by atoms with Crippen molar-refractivity contribution < 1.29 is 46.4 Å². The smallest absolute Gasteiger partial charge is 0.344 e. The van der Waals surface area contributed by atoms with Crippen molar-refractivity contribution in [3.8, 4) is 0 Å². The van der Waals surface area contributed by atoms with Crippen LogP contribution in [0.4, 0.5) is 0 Å². The third kappa shape index (κ3) is 17.0. The Hall–Kier alpha value is -2.21. The molecule has 0 aliphatic carbocycles. The molecule has 0 aromatic rings. The molecule has 0 bridgehead atoms. The number of rotatable bonds is 13. The van der Waals surface area contributed by atoms with Crippen LogP contribution in [-0.2, 0) is 43.5 Å². The van der Waals surface area contributed by atoms with Gasteiger partial charge in [0.2, 0.25) is 5.91 Å². The normalized spacial score (nSPS) is 12.1. The van der Waals surface area contributed by atoms with E-state index < -0.39 is 50.8 Å². The van der Waals surface area contributed by atoms with Crippen molar-refractivity contribution in [1.82, 2.24) is 5.32 Å². The number of nitrogens with one attached hydrogen (secondary N) is 1. The van der Waals surface area contributed by atoms with Gasteiger partial charge in [-0.05, 0) is 47.0 Å². The zero-order chi connectivity index (χ0) is 28.1. The first-order valence-electron chi connectivity index (χ1n) is 11.4. The predicted molar refractivity (Wildman–Crippen MR) is 130 cm³/mol. The summed E-state index contributed by atoms with van der Waals surface area (Å²) in [4.78, 5) is 45.3. The Morgan fingerprint density at radius 3 is 1.80 bits per heavy atom. The minimum atomic E-state index is -4.09. The summed E-state index contributed by atoms with van der Waals surface area (Å²) in [5.74, 6) is -2.12. The second-order valence-electron chi connectivity index (χ2n) is 10.0. The van der Waals surface area contributed by atoms with E-state index in [0.717, 1.165) is 0 Å². The summed E-state index contributed by atoms with van der Waals surface area (Å²) in [5.41, 5.74) is -2.03. The summed E-state index contributed by atoms with van der Waals surface area (Å²) in [5, 5.41) is 2.63. The maximum absolute atomic E-state index is 11.8. The average Bonchev–Trinajstić information content (AvgIpc) is 2.72. The number of carbonyl (C=O) groups excluding carboxylic acids is 4. The fourth-order valence-corrected chi connectivity index (χ4v) is 3.10. The molecule has 0 unspecified atom stereocenters. The van der Waals surface area contributed by atoms with Crippen LogP contribution in [0.3, 0.4) is 0 Å². The molecule has 2 N–H and O–H groups in total. The highest BCUT2D eigenvalue weighted by Crippen LogP contribution is 2.22. The van der Waals surface area contributed by atoms with E-state index in [-0.39, 0.29) is 24.9 Å². The first kappa shape index (κ1) is 35.0. The van der Waals surface area contributed by atoms with Crippen molar-refractivity contribution in [3.05, 3.63) is 0 Å². The van der Waals surface area contributed by atoms with Gasteiger partial charge >= 0.3 is 17.9 Å². The Morgan fingerprint density at radius 1 is 0.857 bits per heavy atom.